The molecule has 0 aromatic carbocycles. The minimum atomic E-state index is 0.445. The largest absolute Gasteiger partial charge is 0.308 e. The first-order chi connectivity index (χ1) is 9.76. The standard InChI is InChI=1S/C18H30N2/c1-4-11-20-18(17-13-14(3)10-12-19-17)16-9-7-6-8-15(16)5-2/h10,12-13,15-16,18,20H,4-9,11H2,1-3H3. The van der Waals surface area contributed by atoms with Crippen molar-refractivity contribution in [3.05, 3.63) is 29.6 Å². The highest BCUT2D eigenvalue weighted by molar-refractivity contribution is 5.18. The van der Waals surface area contributed by atoms with E-state index in [1.54, 1.807) is 0 Å². The summed E-state index contributed by atoms with van der Waals surface area (Å²) >= 11 is 0. The molecule has 2 heteroatoms. The summed E-state index contributed by atoms with van der Waals surface area (Å²) in [5, 5.41) is 3.78. The Morgan fingerprint density at radius 2 is 2.10 bits per heavy atom. The number of pyridine rings is 1. The zero-order valence-corrected chi connectivity index (χ0v) is 13.4. The summed E-state index contributed by atoms with van der Waals surface area (Å²) in [7, 11) is 0. The molecule has 1 aliphatic rings. The van der Waals surface area contributed by atoms with Crippen LogP contribution in [0.3, 0.4) is 0 Å². The van der Waals surface area contributed by atoms with E-state index in [-0.39, 0.29) is 0 Å². The Kier molecular flexibility index (Phi) is 6.03. The Morgan fingerprint density at radius 3 is 2.80 bits per heavy atom. The fourth-order valence-electron chi connectivity index (χ4n) is 3.69. The molecule has 0 saturated heterocycles. The summed E-state index contributed by atoms with van der Waals surface area (Å²) in [5.74, 6) is 1.62. The molecule has 0 bridgehead atoms. The molecule has 0 aliphatic heterocycles. The number of nitrogens with one attached hydrogen (secondary N) is 1. The van der Waals surface area contributed by atoms with Gasteiger partial charge in [-0.3, -0.25) is 4.98 Å². The molecular formula is C18H30N2. The van der Waals surface area contributed by atoms with Crippen molar-refractivity contribution in [2.24, 2.45) is 11.8 Å². The Hall–Kier alpha value is -0.890. The normalized spacial score (nSPS) is 24.6. The second-order valence-electron chi connectivity index (χ2n) is 6.31. The number of aromatic nitrogens is 1. The highest BCUT2D eigenvalue weighted by Gasteiger charge is 2.32. The van der Waals surface area contributed by atoms with Crippen molar-refractivity contribution in [1.82, 2.24) is 10.3 Å². The summed E-state index contributed by atoms with van der Waals surface area (Å²) in [6, 6.07) is 4.81. The van der Waals surface area contributed by atoms with E-state index in [2.05, 4.69) is 43.2 Å². The Bertz CT molecular complexity index is 402. The van der Waals surface area contributed by atoms with Crippen LogP contribution in [0.2, 0.25) is 0 Å². The second kappa shape index (κ2) is 7.78. The lowest BCUT2D eigenvalue weighted by atomic mass is 9.73. The van der Waals surface area contributed by atoms with Crippen molar-refractivity contribution in [2.75, 3.05) is 6.54 Å². The summed E-state index contributed by atoms with van der Waals surface area (Å²) in [6.45, 7) is 7.85. The van der Waals surface area contributed by atoms with Crippen molar-refractivity contribution in [1.29, 1.82) is 0 Å². The van der Waals surface area contributed by atoms with E-state index in [4.69, 9.17) is 0 Å². The lowest BCUT2D eigenvalue weighted by Crippen LogP contribution is -2.35. The van der Waals surface area contributed by atoms with Crippen LogP contribution in [-0.2, 0) is 0 Å². The van der Waals surface area contributed by atoms with Gasteiger partial charge in [-0.05, 0) is 55.8 Å². The average Bonchev–Trinajstić information content (AvgIpc) is 2.48. The number of rotatable bonds is 6. The SMILES string of the molecule is CCCNC(c1cc(C)ccn1)C1CCCCC1CC. The zero-order chi connectivity index (χ0) is 14.4. The van der Waals surface area contributed by atoms with Gasteiger partial charge in [0.05, 0.1) is 11.7 Å². The number of hydrogen-bond acceptors (Lipinski definition) is 2. The van der Waals surface area contributed by atoms with E-state index in [1.165, 1.54) is 49.8 Å². The van der Waals surface area contributed by atoms with Crippen LogP contribution in [0, 0.1) is 18.8 Å². The monoisotopic (exact) mass is 274 g/mol. The molecule has 0 amide bonds. The van der Waals surface area contributed by atoms with Gasteiger partial charge in [0, 0.05) is 6.20 Å². The fourth-order valence-corrected chi connectivity index (χ4v) is 3.69. The van der Waals surface area contributed by atoms with E-state index in [9.17, 15) is 0 Å². The lowest BCUT2D eigenvalue weighted by Gasteiger charge is -2.37. The number of aryl methyl sites for hydroxylation is 1. The zero-order valence-electron chi connectivity index (χ0n) is 13.4. The summed E-state index contributed by atoms with van der Waals surface area (Å²) in [4.78, 5) is 4.67. The van der Waals surface area contributed by atoms with Gasteiger partial charge in [-0.25, -0.2) is 0 Å². The van der Waals surface area contributed by atoms with Gasteiger partial charge in [0.25, 0.3) is 0 Å². The molecule has 1 N–H and O–H groups in total. The molecule has 1 fully saturated rings. The van der Waals surface area contributed by atoms with Crippen LogP contribution in [0.15, 0.2) is 18.3 Å². The van der Waals surface area contributed by atoms with E-state index in [1.807, 2.05) is 6.20 Å². The highest BCUT2D eigenvalue weighted by Crippen LogP contribution is 2.39. The average molecular weight is 274 g/mol. The Labute approximate surface area is 124 Å². The molecule has 112 valence electrons. The van der Waals surface area contributed by atoms with Crippen molar-refractivity contribution in [2.45, 2.75) is 65.3 Å². The first-order valence-corrected chi connectivity index (χ1v) is 8.42. The van der Waals surface area contributed by atoms with Crippen LogP contribution < -0.4 is 5.32 Å². The Morgan fingerprint density at radius 1 is 1.30 bits per heavy atom. The van der Waals surface area contributed by atoms with Crippen molar-refractivity contribution < 1.29 is 0 Å². The minimum Gasteiger partial charge on any atom is -0.308 e. The van der Waals surface area contributed by atoms with Crippen LogP contribution in [0.1, 0.15) is 69.7 Å². The van der Waals surface area contributed by atoms with Gasteiger partial charge in [0.2, 0.25) is 0 Å². The topological polar surface area (TPSA) is 24.9 Å². The van der Waals surface area contributed by atoms with Crippen molar-refractivity contribution >= 4 is 0 Å². The quantitative estimate of drug-likeness (QED) is 0.817. The van der Waals surface area contributed by atoms with Crippen LogP contribution in [-0.4, -0.2) is 11.5 Å². The fraction of sp³-hybridized carbons (Fsp3) is 0.722. The molecule has 20 heavy (non-hydrogen) atoms. The maximum atomic E-state index is 4.67. The minimum absolute atomic E-state index is 0.445. The molecule has 3 atom stereocenters. The van der Waals surface area contributed by atoms with E-state index in [0.717, 1.165) is 18.4 Å². The summed E-state index contributed by atoms with van der Waals surface area (Å²) < 4.78 is 0. The third kappa shape index (κ3) is 3.82. The van der Waals surface area contributed by atoms with Gasteiger partial charge in [0.1, 0.15) is 0 Å². The first-order valence-electron chi connectivity index (χ1n) is 8.42. The second-order valence-corrected chi connectivity index (χ2v) is 6.31. The highest BCUT2D eigenvalue weighted by atomic mass is 14.9. The number of hydrogen-bond donors (Lipinski definition) is 1. The van der Waals surface area contributed by atoms with E-state index in [0.29, 0.717) is 6.04 Å². The van der Waals surface area contributed by atoms with E-state index >= 15 is 0 Å². The molecule has 0 radical (unpaired) electrons. The summed E-state index contributed by atoms with van der Waals surface area (Å²) in [6.07, 6.45) is 10.0. The molecule has 1 aliphatic carbocycles. The third-order valence-electron chi connectivity index (χ3n) is 4.79. The molecular weight excluding hydrogens is 244 g/mol. The van der Waals surface area contributed by atoms with Crippen molar-refractivity contribution in [3.63, 3.8) is 0 Å². The molecule has 1 heterocycles. The lowest BCUT2D eigenvalue weighted by molar-refractivity contribution is 0.173. The predicted molar refractivity (Wildman–Crippen MR) is 85.7 cm³/mol. The molecule has 2 rings (SSSR count). The summed E-state index contributed by atoms with van der Waals surface area (Å²) in [5.41, 5.74) is 2.57. The third-order valence-corrected chi connectivity index (χ3v) is 4.79. The first kappa shape index (κ1) is 15.5. The van der Waals surface area contributed by atoms with Crippen LogP contribution in [0.4, 0.5) is 0 Å². The molecule has 3 unspecified atom stereocenters. The molecule has 2 nitrogen and oxygen atoms in total. The maximum absolute atomic E-state index is 4.67. The van der Waals surface area contributed by atoms with Crippen molar-refractivity contribution in [3.8, 4) is 0 Å². The van der Waals surface area contributed by atoms with Gasteiger partial charge in [-0.1, -0.05) is 39.5 Å². The van der Waals surface area contributed by atoms with Gasteiger partial charge < -0.3 is 5.32 Å². The van der Waals surface area contributed by atoms with Crippen LogP contribution in [0.25, 0.3) is 0 Å². The number of nitrogens with zero attached hydrogens (tertiary/aromatic N) is 1. The van der Waals surface area contributed by atoms with Gasteiger partial charge >= 0.3 is 0 Å². The van der Waals surface area contributed by atoms with Crippen LogP contribution in [0.5, 0.6) is 0 Å². The molecule has 1 aromatic heterocycles. The van der Waals surface area contributed by atoms with E-state index < -0.39 is 0 Å². The van der Waals surface area contributed by atoms with Gasteiger partial charge in [-0.15, -0.1) is 0 Å². The smallest absolute Gasteiger partial charge is 0.0578 e. The molecule has 0 spiro atoms. The predicted octanol–water partition coefficient (Wildman–Crippen LogP) is 4.65. The Balaban J connectivity index is 2.21. The molecule has 1 aromatic rings. The van der Waals surface area contributed by atoms with Gasteiger partial charge in [0.15, 0.2) is 0 Å². The van der Waals surface area contributed by atoms with Crippen LogP contribution >= 0.6 is 0 Å². The van der Waals surface area contributed by atoms with Gasteiger partial charge in [-0.2, -0.15) is 0 Å². The maximum Gasteiger partial charge on any atom is 0.0578 e. The molecule has 1 saturated carbocycles.